The average molecular weight is 223 g/mol. The van der Waals surface area contributed by atoms with Crippen LogP contribution in [-0.4, -0.2) is 30.0 Å². The maximum Gasteiger partial charge on any atom is 0.245 e. The number of nitrogens with one attached hydrogen (secondary N) is 1. The van der Waals surface area contributed by atoms with Crippen molar-refractivity contribution in [3.05, 3.63) is 12.7 Å². The molecule has 88 valence electrons. The Balaban J connectivity index is 2.27. The number of carbonyl (C=O) groups is 1. The van der Waals surface area contributed by atoms with E-state index in [0.29, 0.717) is 5.82 Å². The SMILES string of the molecule is CNC1CCCC(C)N(c2cocn2)C1=O. The van der Waals surface area contributed by atoms with Crippen LogP contribution in [0.4, 0.5) is 5.82 Å². The number of hydrogen-bond donors (Lipinski definition) is 1. The van der Waals surface area contributed by atoms with Crippen molar-refractivity contribution in [3.8, 4) is 0 Å². The molecule has 0 bridgehead atoms. The Hall–Kier alpha value is -1.36. The lowest BCUT2D eigenvalue weighted by Crippen LogP contribution is -2.47. The summed E-state index contributed by atoms with van der Waals surface area (Å²) in [7, 11) is 1.82. The number of hydrogen-bond acceptors (Lipinski definition) is 4. The second-order valence-corrected chi connectivity index (χ2v) is 4.18. The zero-order valence-electron chi connectivity index (χ0n) is 9.64. The summed E-state index contributed by atoms with van der Waals surface area (Å²) in [6, 6.07) is 0.0672. The van der Waals surface area contributed by atoms with Gasteiger partial charge in [-0.15, -0.1) is 0 Å². The smallest absolute Gasteiger partial charge is 0.245 e. The molecule has 0 spiro atoms. The number of amides is 1. The third-order valence-corrected chi connectivity index (χ3v) is 3.11. The van der Waals surface area contributed by atoms with Crippen LogP contribution in [0, 0.1) is 0 Å². The number of oxazole rings is 1. The van der Waals surface area contributed by atoms with Crippen molar-refractivity contribution in [2.45, 2.75) is 38.3 Å². The molecule has 1 saturated heterocycles. The van der Waals surface area contributed by atoms with Crippen molar-refractivity contribution in [2.24, 2.45) is 0 Å². The first-order valence-electron chi connectivity index (χ1n) is 5.62. The Kier molecular flexibility index (Phi) is 3.24. The molecule has 2 rings (SSSR count). The zero-order valence-corrected chi connectivity index (χ0v) is 9.64. The van der Waals surface area contributed by atoms with Gasteiger partial charge in [0.05, 0.1) is 6.04 Å². The van der Waals surface area contributed by atoms with Crippen LogP contribution in [0.15, 0.2) is 17.1 Å². The Morgan fingerprint density at radius 2 is 2.38 bits per heavy atom. The van der Waals surface area contributed by atoms with E-state index >= 15 is 0 Å². The van der Waals surface area contributed by atoms with E-state index in [2.05, 4.69) is 10.3 Å². The first kappa shape index (κ1) is 11.1. The highest BCUT2D eigenvalue weighted by atomic mass is 16.3. The third-order valence-electron chi connectivity index (χ3n) is 3.11. The summed E-state index contributed by atoms with van der Waals surface area (Å²) in [5, 5.41) is 3.06. The van der Waals surface area contributed by atoms with Gasteiger partial charge in [0, 0.05) is 6.04 Å². The fraction of sp³-hybridized carbons (Fsp3) is 0.636. The summed E-state index contributed by atoms with van der Waals surface area (Å²) >= 11 is 0. The molecule has 5 heteroatoms. The minimum atomic E-state index is -0.110. The summed E-state index contributed by atoms with van der Waals surface area (Å²) in [5.74, 6) is 0.695. The number of rotatable bonds is 2. The molecule has 1 N–H and O–H groups in total. The van der Waals surface area contributed by atoms with E-state index in [4.69, 9.17) is 4.42 Å². The molecule has 2 heterocycles. The summed E-state index contributed by atoms with van der Waals surface area (Å²) < 4.78 is 4.95. The number of carbonyl (C=O) groups excluding carboxylic acids is 1. The van der Waals surface area contributed by atoms with Crippen LogP contribution in [0.2, 0.25) is 0 Å². The highest BCUT2D eigenvalue weighted by Gasteiger charge is 2.32. The van der Waals surface area contributed by atoms with E-state index in [1.54, 1.807) is 4.90 Å². The number of nitrogens with zero attached hydrogens (tertiary/aromatic N) is 2. The molecule has 1 fully saturated rings. The van der Waals surface area contributed by atoms with Crippen molar-refractivity contribution >= 4 is 11.7 Å². The molecular formula is C11H17N3O2. The molecular weight excluding hydrogens is 206 g/mol. The second kappa shape index (κ2) is 4.65. The third kappa shape index (κ3) is 1.95. The maximum absolute atomic E-state index is 12.3. The molecule has 1 aromatic heterocycles. The van der Waals surface area contributed by atoms with Gasteiger partial charge in [0.25, 0.3) is 0 Å². The van der Waals surface area contributed by atoms with E-state index in [1.807, 2.05) is 14.0 Å². The largest absolute Gasteiger partial charge is 0.449 e. The summed E-state index contributed by atoms with van der Waals surface area (Å²) in [5.41, 5.74) is 0. The van der Waals surface area contributed by atoms with Crippen LogP contribution in [-0.2, 0) is 4.79 Å². The topological polar surface area (TPSA) is 58.4 Å². The molecule has 16 heavy (non-hydrogen) atoms. The first-order valence-corrected chi connectivity index (χ1v) is 5.62. The quantitative estimate of drug-likeness (QED) is 0.817. The van der Waals surface area contributed by atoms with E-state index in [1.165, 1.54) is 12.7 Å². The number of aromatic nitrogens is 1. The number of likely N-dealkylation sites (N-methyl/N-ethyl adjacent to an activating group) is 1. The van der Waals surface area contributed by atoms with E-state index in [-0.39, 0.29) is 18.0 Å². The van der Waals surface area contributed by atoms with E-state index in [9.17, 15) is 4.79 Å². The van der Waals surface area contributed by atoms with Gasteiger partial charge in [-0.1, -0.05) is 0 Å². The molecule has 1 aliphatic rings. The minimum Gasteiger partial charge on any atom is -0.449 e. The standard InChI is InChI=1S/C11H17N3O2/c1-8-4-3-5-9(12-2)11(15)14(8)10-6-16-7-13-10/h6-9,12H,3-5H2,1-2H3. The molecule has 5 nitrogen and oxygen atoms in total. The monoisotopic (exact) mass is 223 g/mol. The van der Waals surface area contributed by atoms with Gasteiger partial charge in [0.15, 0.2) is 12.2 Å². The summed E-state index contributed by atoms with van der Waals surface area (Å²) in [4.78, 5) is 18.1. The van der Waals surface area contributed by atoms with Crippen molar-refractivity contribution in [1.82, 2.24) is 10.3 Å². The highest BCUT2D eigenvalue weighted by molar-refractivity contribution is 5.97. The Bertz CT molecular complexity index is 350. The first-order chi connectivity index (χ1) is 7.74. The lowest BCUT2D eigenvalue weighted by molar-refractivity contribution is -0.120. The predicted octanol–water partition coefficient (Wildman–Crippen LogP) is 1.17. The molecule has 0 radical (unpaired) electrons. The van der Waals surface area contributed by atoms with Crippen molar-refractivity contribution < 1.29 is 9.21 Å². The predicted molar refractivity (Wildman–Crippen MR) is 60.1 cm³/mol. The van der Waals surface area contributed by atoms with Gasteiger partial charge in [-0.2, -0.15) is 4.98 Å². The van der Waals surface area contributed by atoms with Crippen molar-refractivity contribution in [3.63, 3.8) is 0 Å². The lowest BCUT2D eigenvalue weighted by Gasteiger charge is -2.26. The molecule has 2 unspecified atom stereocenters. The Morgan fingerprint density at radius 1 is 1.56 bits per heavy atom. The van der Waals surface area contributed by atoms with Crippen LogP contribution in [0.5, 0.6) is 0 Å². The van der Waals surface area contributed by atoms with Crippen LogP contribution >= 0.6 is 0 Å². The van der Waals surface area contributed by atoms with Gasteiger partial charge in [-0.25, -0.2) is 0 Å². The normalized spacial score (nSPS) is 26.9. The second-order valence-electron chi connectivity index (χ2n) is 4.18. The lowest BCUT2D eigenvalue weighted by atomic mass is 10.1. The fourth-order valence-electron chi connectivity index (χ4n) is 2.19. The molecule has 0 aliphatic carbocycles. The minimum absolute atomic E-state index is 0.0846. The number of anilines is 1. The molecule has 2 atom stereocenters. The van der Waals surface area contributed by atoms with Crippen LogP contribution in [0.3, 0.4) is 0 Å². The van der Waals surface area contributed by atoms with Gasteiger partial charge >= 0.3 is 0 Å². The molecule has 1 aromatic rings. The van der Waals surface area contributed by atoms with Crippen molar-refractivity contribution in [2.75, 3.05) is 11.9 Å². The summed E-state index contributed by atoms with van der Waals surface area (Å²) in [6.45, 7) is 2.05. The Morgan fingerprint density at radius 3 is 3.00 bits per heavy atom. The van der Waals surface area contributed by atoms with Crippen LogP contribution < -0.4 is 10.2 Å². The molecule has 1 aliphatic heterocycles. The molecule has 0 saturated carbocycles. The highest BCUT2D eigenvalue weighted by Crippen LogP contribution is 2.23. The van der Waals surface area contributed by atoms with Gasteiger partial charge in [-0.3, -0.25) is 9.69 Å². The van der Waals surface area contributed by atoms with Crippen LogP contribution in [0.25, 0.3) is 0 Å². The van der Waals surface area contributed by atoms with Gasteiger partial charge < -0.3 is 9.73 Å². The van der Waals surface area contributed by atoms with Gasteiger partial charge in [-0.05, 0) is 33.2 Å². The fourth-order valence-corrected chi connectivity index (χ4v) is 2.19. The Labute approximate surface area is 94.8 Å². The summed E-state index contributed by atoms with van der Waals surface area (Å²) in [6.07, 6.45) is 5.80. The molecule has 1 amide bonds. The maximum atomic E-state index is 12.3. The molecule has 0 aromatic carbocycles. The van der Waals surface area contributed by atoms with Crippen molar-refractivity contribution in [1.29, 1.82) is 0 Å². The van der Waals surface area contributed by atoms with E-state index < -0.39 is 0 Å². The van der Waals surface area contributed by atoms with Gasteiger partial charge in [0.2, 0.25) is 5.91 Å². The zero-order chi connectivity index (χ0) is 11.5. The average Bonchev–Trinajstić information content (AvgIpc) is 2.73. The van der Waals surface area contributed by atoms with E-state index in [0.717, 1.165) is 19.3 Å². The van der Waals surface area contributed by atoms with Gasteiger partial charge in [0.1, 0.15) is 6.26 Å². The van der Waals surface area contributed by atoms with Crippen LogP contribution in [0.1, 0.15) is 26.2 Å².